The van der Waals surface area contributed by atoms with Crippen molar-refractivity contribution in [2.24, 2.45) is 5.92 Å². The number of aryl methyl sites for hydroxylation is 1. The Hall–Kier alpha value is -2.28. The van der Waals surface area contributed by atoms with E-state index in [1.807, 2.05) is 25.1 Å². The number of carbonyl (C=O) groups is 2. The van der Waals surface area contributed by atoms with Gasteiger partial charge in [0.25, 0.3) is 0 Å². The van der Waals surface area contributed by atoms with Gasteiger partial charge in [-0.2, -0.15) is 0 Å². The molecule has 1 saturated carbocycles. The highest BCUT2D eigenvalue weighted by molar-refractivity contribution is 5.91. The zero-order chi connectivity index (χ0) is 19.2. The lowest BCUT2D eigenvalue weighted by Crippen LogP contribution is -2.41. The molecule has 1 aromatic rings. The molecule has 0 bridgehead atoms. The first-order chi connectivity index (χ1) is 13.0. The number of urea groups is 1. The van der Waals surface area contributed by atoms with Gasteiger partial charge in [-0.15, -0.1) is 0 Å². The van der Waals surface area contributed by atoms with Crippen LogP contribution in [0.5, 0.6) is 5.75 Å². The fourth-order valence-corrected chi connectivity index (χ4v) is 3.64. The number of nitrogens with one attached hydrogen (secondary N) is 2. The van der Waals surface area contributed by atoms with Crippen LogP contribution in [-0.4, -0.2) is 42.5 Å². The van der Waals surface area contributed by atoms with E-state index >= 15 is 0 Å². The highest BCUT2D eigenvalue weighted by Crippen LogP contribution is 2.28. The molecule has 0 aromatic heterocycles. The van der Waals surface area contributed by atoms with Crippen molar-refractivity contribution < 1.29 is 24.2 Å². The van der Waals surface area contributed by atoms with Crippen LogP contribution in [0.3, 0.4) is 0 Å². The predicted molar refractivity (Wildman–Crippen MR) is 101 cm³/mol. The van der Waals surface area contributed by atoms with Gasteiger partial charge >= 0.3 is 12.0 Å². The lowest BCUT2D eigenvalue weighted by Gasteiger charge is -2.27. The molecule has 0 spiro atoms. The Bertz CT molecular complexity index is 664. The van der Waals surface area contributed by atoms with Gasteiger partial charge in [0.2, 0.25) is 0 Å². The zero-order valence-corrected chi connectivity index (χ0v) is 15.7. The Morgan fingerprint density at radius 1 is 1.22 bits per heavy atom. The van der Waals surface area contributed by atoms with Crippen molar-refractivity contribution in [3.05, 3.63) is 23.8 Å². The number of benzene rings is 1. The monoisotopic (exact) mass is 376 g/mol. The van der Waals surface area contributed by atoms with Crippen LogP contribution in [0.1, 0.15) is 44.1 Å². The minimum atomic E-state index is -0.745. The number of carbonyl (C=O) groups excluding carboxylic acids is 1. The number of carboxylic acid groups (broad SMARTS) is 1. The minimum Gasteiger partial charge on any atom is -0.489 e. The number of rotatable bonds is 6. The minimum absolute atomic E-state index is 0.00213. The standard InChI is InChI=1S/C20H28N2O5/c1-13-4-9-17(18(11-13)27-12-16-3-2-10-26-16)22-20(25)21-15-7-5-14(6-8-15)19(23)24/h4,9,11,14-16H,2-3,5-8,10,12H2,1H3,(H,23,24)(H2,21,22,25). The molecular formula is C20H28N2O5. The van der Waals surface area contributed by atoms with Crippen molar-refractivity contribution >= 4 is 17.7 Å². The summed E-state index contributed by atoms with van der Waals surface area (Å²) >= 11 is 0. The molecule has 0 radical (unpaired) electrons. The van der Waals surface area contributed by atoms with Crippen LogP contribution in [0.15, 0.2) is 18.2 Å². The summed E-state index contributed by atoms with van der Waals surface area (Å²) in [5, 5.41) is 14.9. The second-order valence-corrected chi connectivity index (χ2v) is 7.43. The molecule has 1 saturated heterocycles. The first-order valence-corrected chi connectivity index (χ1v) is 9.66. The molecule has 2 fully saturated rings. The average Bonchev–Trinajstić information content (AvgIpc) is 3.16. The summed E-state index contributed by atoms with van der Waals surface area (Å²) in [7, 11) is 0. The van der Waals surface area contributed by atoms with Crippen LogP contribution in [0.4, 0.5) is 10.5 Å². The van der Waals surface area contributed by atoms with Crippen LogP contribution in [0, 0.1) is 12.8 Å². The van der Waals surface area contributed by atoms with Crippen molar-refractivity contribution in [1.82, 2.24) is 5.32 Å². The number of ether oxygens (including phenoxy) is 2. The van der Waals surface area contributed by atoms with E-state index < -0.39 is 5.97 Å². The van der Waals surface area contributed by atoms with E-state index in [0.29, 0.717) is 43.7 Å². The van der Waals surface area contributed by atoms with Crippen LogP contribution >= 0.6 is 0 Å². The van der Waals surface area contributed by atoms with Crippen LogP contribution in [0.2, 0.25) is 0 Å². The summed E-state index contributed by atoms with van der Waals surface area (Å²) in [6, 6.07) is 5.37. The first kappa shape index (κ1) is 19.5. The Balaban J connectivity index is 1.53. The smallest absolute Gasteiger partial charge is 0.319 e. The van der Waals surface area contributed by atoms with Crippen molar-refractivity contribution in [2.45, 2.75) is 57.6 Å². The lowest BCUT2D eigenvalue weighted by atomic mass is 9.86. The molecule has 3 N–H and O–H groups in total. The van der Waals surface area contributed by atoms with Gasteiger partial charge in [0.05, 0.1) is 17.7 Å². The van der Waals surface area contributed by atoms with Gasteiger partial charge in [0.1, 0.15) is 12.4 Å². The Labute approximate surface area is 159 Å². The first-order valence-electron chi connectivity index (χ1n) is 9.66. The second-order valence-electron chi connectivity index (χ2n) is 7.43. The van der Waals surface area contributed by atoms with E-state index in [1.165, 1.54) is 0 Å². The van der Waals surface area contributed by atoms with Crippen LogP contribution < -0.4 is 15.4 Å². The van der Waals surface area contributed by atoms with E-state index in [2.05, 4.69) is 10.6 Å². The third-order valence-corrected chi connectivity index (χ3v) is 5.25. The number of carboxylic acids is 1. The maximum Gasteiger partial charge on any atom is 0.319 e. The molecule has 2 amide bonds. The quantitative estimate of drug-likeness (QED) is 0.708. The fraction of sp³-hybridized carbons (Fsp3) is 0.600. The number of aliphatic carboxylic acids is 1. The Kier molecular flexibility index (Phi) is 6.55. The molecule has 148 valence electrons. The topological polar surface area (TPSA) is 96.9 Å². The zero-order valence-electron chi connectivity index (χ0n) is 15.7. The van der Waals surface area contributed by atoms with Gasteiger partial charge in [-0.25, -0.2) is 4.79 Å². The SMILES string of the molecule is Cc1ccc(NC(=O)NC2CCC(C(=O)O)CC2)c(OCC2CCCO2)c1. The molecule has 1 atom stereocenters. The van der Waals surface area contributed by atoms with Gasteiger partial charge in [0.15, 0.2) is 0 Å². The van der Waals surface area contributed by atoms with Gasteiger partial charge in [-0.3, -0.25) is 4.79 Å². The van der Waals surface area contributed by atoms with Crippen LogP contribution in [0.25, 0.3) is 0 Å². The summed E-state index contributed by atoms with van der Waals surface area (Å²) in [5.41, 5.74) is 1.67. The summed E-state index contributed by atoms with van der Waals surface area (Å²) in [5.74, 6) is -0.401. The molecule has 1 unspecified atom stereocenters. The Morgan fingerprint density at radius 2 is 2.00 bits per heavy atom. The third kappa shape index (κ3) is 5.60. The van der Waals surface area contributed by atoms with Gasteiger partial charge in [0, 0.05) is 12.6 Å². The summed E-state index contributed by atoms with van der Waals surface area (Å²) in [6.45, 7) is 3.22. The van der Waals surface area contributed by atoms with E-state index in [-0.39, 0.29) is 24.1 Å². The van der Waals surface area contributed by atoms with E-state index in [9.17, 15) is 9.59 Å². The maximum atomic E-state index is 12.4. The van der Waals surface area contributed by atoms with Crippen molar-refractivity contribution in [2.75, 3.05) is 18.5 Å². The third-order valence-electron chi connectivity index (χ3n) is 5.25. The van der Waals surface area contributed by atoms with Crippen molar-refractivity contribution in [3.63, 3.8) is 0 Å². The number of amides is 2. The average molecular weight is 376 g/mol. The molecule has 27 heavy (non-hydrogen) atoms. The lowest BCUT2D eigenvalue weighted by molar-refractivity contribution is -0.142. The normalized spacial score (nSPS) is 25.0. The summed E-state index contributed by atoms with van der Waals surface area (Å²) in [4.78, 5) is 23.4. The molecule has 3 rings (SSSR count). The van der Waals surface area contributed by atoms with E-state index in [0.717, 1.165) is 25.0 Å². The fourth-order valence-electron chi connectivity index (χ4n) is 3.64. The number of anilines is 1. The van der Waals surface area contributed by atoms with E-state index in [1.54, 1.807) is 0 Å². The highest BCUT2D eigenvalue weighted by atomic mass is 16.5. The predicted octanol–water partition coefficient (Wildman–Crippen LogP) is 3.32. The highest BCUT2D eigenvalue weighted by Gasteiger charge is 2.27. The van der Waals surface area contributed by atoms with Crippen molar-refractivity contribution in [3.8, 4) is 5.75 Å². The van der Waals surface area contributed by atoms with Gasteiger partial charge < -0.3 is 25.2 Å². The molecule has 7 heteroatoms. The van der Waals surface area contributed by atoms with Gasteiger partial charge in [-0.1, -0.05) is 6.07 Å². The molecule has 1 aromatic carbocycles. The van der Waals surface area contributed by atoms with Crippen molar-refractivity contribution in [1.29, 1.82) is 0 Å². The number of hydrogen-bond acceptors (Lipinski definition) is 4. The Morgan fingerprint density at radius 3 is 2.67 bits per heavy atom. The van der Waals surface area contributed by atoms with Gasteiger partial charge in [-0.05, 0) is 63.1 Å². The molecule has 7 nitrogen and oxygen atoms in total. The number of hydrogen-bond donors (Lipinski definition) is 3. The summed E-state index contributed by atoms with van der Waals surface area (Å²) in [6.07, 6.45) is 4.72. The van der Waals surface area contributed by atoms with Crippen LogP contribution in [-0.2, 0) is 9.53 Å². The largest absolute Gasteiger partial charge is 0.489 e. The molecule has 1 aliphatic heterocycles. The van der Waals surface area contributed by atoms with E-state index in [4.69, 9.17) is 14.6 Å². The molecule has 1 aliphatic carbocycles. The summed E-state index contributed by atoms with van der Waals surface area (Å²) < 4.78 is 11.5. The molecular weight excluding hydrogens is 348 g/mol. The second kappa shape index (κ2) is 9.08. The maximum absolute atomic E-state index is 12.4. The molecule has 1 heterocycles. The molecule has 2 aliphatic rings.